The molecule has 4 aliphatic carbocycles. The number of esters is 1. The van der Waals surface area contributed by atoms with E-state index in [4.69, 9.17) is 4.74 Å². The normalized spacial score (nSPS) is 45.1. The molecule has 1 heterocycles. The Kier molecular flexibility index (Phi) is 4.50. The molecule has 7 atom stereocenters. The van der Waals surface area contributed by atoms with Gasteiger partial charge in [0.25, 0.3) is 0 Å². The highest BCUT2D eigenvalue weighted by Gasteiger charge is 2.60. The van der Waals surface area contributed by atoms with Crippen LogP contribution in [-0.4, -0.2) is 17.9 Å². The van der Waals surface area contributed by atoms with Crippen LogP contribution in [0.5, 0.6) is 0 Å². The Morgan fingerprint density at radius 2 is 1.96 bits per heavy atom. The Labute approximate surface area is 172 Å². The minimum Gasteiger partial charge on any atom is -0.458 e. The molecule has 0 saturated heterocycles. The first-order chi connectivity index (χ1) is 13.4. The monoisotopic (exact) mass is 400 g/mol. The molecule has 4 heteroatoms. The van der Waals surface area contributed by atoms with Gasteiger partial charge in [0.15, 0.2) is 0 Å². The molecule has 0 aromatic carbocycles. The van der Waals surface area contributed by atoms with Crippen molar-refractivity contribution >= 4 is 23.1 Å². The highest BCUT2D eigenvalue weighted by Crippen LogP contribution is 2.65. The lowest BCUT2D eigenvalue weighted by Gasteiger charge is -2.60. The van der Waals surface area contributed by atoms with Crippen molar-refractivity contribution in [1.82, 2.24) is 0 Å². The molecule has 1 aromatic rings. The quantitative estimate of drug-likeness (QED) is 0.582. The number of fused-ring (bicyclic) bond motifs is 5. The fraction of sp³-hybridized carbons (Fsp3) is 0.750. The SMILES string of the molecule is C[C@]12CC[C@@H](OC(=O)c3cccs3)C[C@@H]1CC[C@@H]1[C@@H]2CC[C@]2(C)C(=O)CC[C@@H]12. The van der Waals surface area contributed by atoms with Crippen LogP contribution < -0.4 is 0 Å². The van der Waals surface area contributed by atoms with Crippen LogP contribution in [0.3, 0.4) is 0 Å². The van der Waals surface area contributed by atoms with Gasteiger partial charge in [-0.25, -0.2) is 4.79 Å². The summed E-state index contributed by atoms with van der Waals surface area (Å²) in [4.78, 5) is 25.7. The van der Waals surface area contributed by atoms with E-state index in [1.807, 2.05) is 17.5 Å². The van der Waals surface area contributed by atoms with E-state index in [2.05, 4.69) is 13.8 Å². The molecule has 0 amide bonds. The highest BCUT2D eigenvalue weighted by atomic mass is 32.1. The average molecular weight is 401 g/mol. The topological polar surface area (TPSA) is 43.4 Å². The molecule has 28 heavy (non-hydrogen) atoms. The Morgan fingerprint density at radius 3 is 2.75 bits per heavy atom. The fourth-order valence-corrected chi connectivity index (χ4v) is 8.31. The fourth-order valence-electron chi connectivity index (χ4n) is 7.70. The highest BCUT2D eigenvalue weighted by molar-refractivity contribution is 7.11. The van der Waals surface area contributed by atoms with Crippen molar-refractivity contribution in [2.45, 2.75) is 77.7 Å². The van der Waals surface area contributed by atoms with E-state index >= 15 is 0 Å². The van der Waals surface area contributed by atoms with Gasteiger partial charge in [0.05, 0.1) is 0 Å². The van der Waals surface area contributed by atoms with Crippen LogP contribution in [0.25, 0.3) is 0 Å². The van der Waals surface area contributed by atoms with Crippen molar-refractivity contribution in [3.63, 3.8) is 0 Å². The van der Waals surface area contributed by atoms with Crippen molar-refractivity contribution in [3.8, 4) is 0 Å². The maximum absolute atomic E-state index is 12.6. The molecule has 5 rings (SSSR count). The van der Waals surface area contributed by atoms with Gasteiger partial charge in [0.1, 0.15) is 16.8 Å². The number of carbonyl (C=O) groups is 2. The van der Waals surface area contributed by atoms with E-state index in [9.17, 15) is 9.59 Å². The van der Waals surface area contributed by atoms with Crippen molar-refractivity contribution in [2.24, 2.45) is 34.5 Å². The number of hydrogen-bond acceptors (Lipinski definition) is 4. The van der Waals surface area contributed by atoms with Crippen molar-refractivity contribution < 1.29 is 14.3 Å². The Morgan fingerprint density at radius 1 is 1.11 bits per heavy atom. The summed E-state index contributed by atoms with van der Waals surface area (Å²) < 4.78 is 5.89. The lowest BCUT2D eigenvalue weighted by atomic mass is 9.45. The van der Waals surface area contributed by atoms with Gasteiger partial charge in [-0.3, -0.25) is 4.79 Å². The molecule has 152 valence electrons. The molecule has 3 nitrogen and oxygen atoms in total. The van der Waals surface area contributed by atoms with Crippen LogP contribution in [0.1, 0.15) is 81.3 Å². The zero-order valence-electron chi connectivity index (χ0n) is 17.1. The maximum Gasteiger partial charge on any atom is 0.348 e. The maximum atomic E-state index is 12.6. The molecule has 4 aliphatic rings. The second kappa shape index (κ2) is 6.68. The second-order valence-electron chi connectivity index (χ2n) is 10.4. The number of ketones is 1. The molecular formula is C24H32O3S. The molecule has 0 aliphatic heterocycles. The third kappa shape index (κ3) is 2.74. The van der Waals surface area contributed by atoms with E-state index in [0.717, 1.165) is 48.8 Å². The van der Waals surface area contributed by atoms with Crippen molar-refractivity contribution in [2.75, 3.05) is 0 Å². The summed E-state index contributed by atoms with van der Waals surface area (Å²) in [5.41, 5.74) is 0.333. The van der Waals surface area contributed by atoms with Crippen LogP contribution in [0, 0.1) is 34.5 Å². The molecule has 0 spiro atoms. The van der Waals surface area contributed by atoms with Crippen LogP contribution in [0.4, 0.5) is 0 Å². The second-order valence-corrected chi connectivity index (χ2v) is 11.3. The van der Waals surface area contributed by atoms with Gasteiger partial charge in [0, 0.05) is 11.8 Å². The van der Waals surface area contributed by atoms with Crippen molar-refractivity contribution in [3.05, 3.63) is 22.4 Å². The Balaban J connectivity index is 1.30. The number of carbonyl (C=O) groups excluding carboxylic acids is 2. The summed E-state index contributed by atoms with van der Waals surface area (Å²) in [6.07, 6.45) is 10.0. The lowest BCUT2D eigenvalue weighted by Crippen LogP contribution is -2.54. The number of Topliss-reactive ketones (excluding diaryl/α,β-unsaturated/α-hetero) is 1. The zero-order valence-corrected chi connectivity index (χ0v) is 17.9. The van der Waals surface area contributed by atoms with E-state index in [1.54, 1.807) is 0 Å². The largest absolute Gasteiger partial charge is 0.458 e. The molecule has 4 saturated carbocycles. The van der Waals surface area contributed by atoms with E-state index < -0.39 is 0 Å². The summed E-state index contributed by atoms with van der Waals surface area (Å²) in [7, 11) is 0. The summed E-state index contributed by atoms with van der Waals surface area (Å²) in [6.45, 7) is 4.78. The molecular weight excluding hydrogens is 368 g/mol. The van der Waals surface area contributed by atoms with E-state index in [0.29, 0.717) is 23.0 Å². The number of thiophene rings is 1. The first-order valence-electron chi connectivity index (χ1n) is 11.2. The van der Waals surface area contributed by atoms with Gasteiger partial charge in [0.2, 0.25) is 0 Å². The third-order valence-corrected chi connectivity index (χ3v) is 10.2. The number of ether oxygens (including phenoxy) is 1. The lowest BCUT2D eigenvalue weighted by molar-refractivity contribution is -0.142. The van der Waals surface area contributed by atoms with Gasteiger partial charge >= 0.3 is 5.97 Å². The standard InChI is InChI=1S/C24H32O3S/c1-23-11-9-16(27-22(26)20-4-3-13-28-20)14-15(23)5-6-17-18-7-8-21(25)24(18,2)12-10-19(17)23/h3-4,13,15-19H,5-12,14H2,1-2H3/t15-,16+,17-,18-,19-,23-,24-/m0/s1. The smallest absolute Gasteiger partial charge is 0.348 e. The third-order valence-electron chi connectivity index (χ3n) is 9.32. The predicted molar refractivity (Wildman–Crippen MR) is 110 cm³/mol. The summed E-state index contributed by atoms with van der Waals surface area (Å²) in [6, 6.07) is 3.76. The molecule has 4 fully saturated rings. The van der Waals surface area contributed by atoms with E-state index in [1.165, 1.54) is 37.0 Å². The van der Waals surface area contributed by atoms with Crippen LogP contribution >= 0.6 is 11.3 Å². The van der Waals surface area contributed by atoms with Crippen LogP contribution in [0.15, 0.2) is 17.5 Å². The molecule has 1 aromatic heterocycles. The van der Waals surface area contributed by atoms with Gasteiger partial charge in [-0.2, -0.15) is 0 Å². The summed E-state index contributed by atoms with van der Waals surface area (Å²) in [5, 5.41) is 1.93. The molecule has 0 N–H and O–H groups in total. The van der Waals surface area contributed by atoms with Crippen LogP contribution in [-0.2, 0) is 9.53 Å². The predicted octanol–water partition coefficient (Wildman–Crippen LogP) is 5.89. The Bertz CT molecular complexity index is 771. The minimum atomic E-state index is -0.143. The summed E-state index contributed by atoms with van der Waals surface area (Å²) in [5.74, 6) is 3.15. The zero-order chi connectivity index (χ0) is 19.5. The molecule has 0 radical (unpaired) electrons. The van der Waals surface area contributed by atoms with Gasteiger partial charge in [-0.15, -0.1) is 11.3 Å². The van der Waals surface area contributed by atoms with Crippen molar-refractivity contribution in [1.29, 1.82) is 0 Å². The Hall–Kier alpha value is -1.16. The first kappa shape index (κ1) is 18.8. The molecule has 0 unspecified atom stereocenters. The number of rotatable bonds is 2. The van der Waals surface area contributed by atoms with Gasteiger partial charge in [-0.05, 0) is 91.9 Å². The minimum absolute atomic E-state index is 0.0300. The first-order valence-corrected chi connectivity index (χ1v) is 12.1. The number of hydrogen-bond donors (Lipinski definition) is 0. The average Bonchev–Trinajstić information content (AvgIpc) is 3.31. The van der Waals surface area contributed by atoms with Gasteiger partial charge < -0.3 is 4.74 Å². The van der Waals surface area contributed by atoms with Gasteiger partial charge in [-0.1, -0.05) is 19.9 Å². The van der Waals surface area contributed by atoms with E-state index in [-0.39, 0.29) is 17.5 Å². The molecule has 0 bridgehead atoms. The van der Waals surface area contributed by atoms with Crippen LogP contribution in [0.2, 0.25) is 0 Å². The summed E-state index contributed by atoms with van der Waals surface area (Å²) >= 11 is 1.46.